The number of hydrogen-bond donors (Lipinski definition) is 1. The third kappa shape index (κ3) is 4.66. The topological polar surface area (TPSA) is 80.9 Å². The van der Waals surface area contributed by atoms with Crippen LogP contribution in [0.1, 0.15) is 43.4 Å². The Labute approximate surface area is 148 Å². The first kappa shape index (κ1) is 17.6. The second-order valence-corrected chi connectivity index (χ2v) is 6.61. The Morgan fingerprint density at radius 3 is 3.00 bits per heavy atom. The maximum atomic E-state index is 12.0. The summed E-state index contributed by atoms with van der Waals surface area (Å²) < 4.78 is 3.93. The van der Waals surface area contributed by atoms with E-state index in [-0.39, 0.29) is 5.91 Å². The van der Waals surface area contributed by atoms with Crippen LogP contribution in [0.2, 0.25) is 0 Å². The number of amides is 1. The van der Waals surface area contributed by atoms with Gasteiger partial charge in [0.2, 0.25) is 5.91 Å². The van der Waals surface area contributed by atoms with Gasteiger partial charge in [0.05, 0.1) is 17.9 Å². The van der Waals surface area contributed by atoms with Gasteiger partial charge < -0.3 is 9.88 Å². The predicted molar refractivity (Wildman–Crippen MR) is 93.6 cm³/mol. The molecule has 0 atom stereocenters. The number of aromatic nitrogens is 5. The monoisotopic (exact) mass is 345 g/mol. The molecule has 3 heterocycles. The number of hydrogen-bond acceptors (Lipinski definition) is 5. The largest absolute Gasteiger partial charge is 0.350 e. The van der Waals surface area contributed by atoms with Gasteiger partial charge in [0.15, 0.2) is 0 Å². The number of fused-ring (bicyclic) bond motifs is 1. The van der Waals surface area contributed by atoms with Crippen LogP contribution in [0, 0.1) is 0 Å². The summed E-state index contributed by atoms with van der Waals surface area (Å²) in [4.78, 5) is 14.5. The zero-order valence-corrected chi connectivity index (χ0v) is 15.1. The van der Waals surface area contributed by atoms with Gasteiger partial charge in [-0.05, 0) is 25.5 Å². The van der Waals surface area contributed by atoms with E-state index >= 15 is 0 Å². The zero-order chi connectivity index (χ0) is 17.6. The van der Waals surface area contributed by atoms with Crippen molar-refractivity contribution in [2.45, 2.75) is 52.2 Å². The Morgan fingerprint density at radius 1 is 1.36 bits per heavy atom. The molecule has 0 fully saturated rings. The van der Waals surface area contributed by atoms with Crippen molar-refractivity contribution in [3.63, 3.8) is 0 Å². The van der Waals surface area contributed by atoms with Crippen LogP contribution in [0.4, 0.5) is 0 Å². The van der Waals surface area contributed by atoms with Crippen molar-refractivity contribution < 1.29 is 4.79 Å². The van der Waals surface area contributed by atoms with Crippen LogP contribution >= 0.6 is 0 Å². The Hall–Kier alpha value is -2.22. The first-order valence-electron chi connectivity index (χ1n) is 9.03. The van der Waals surface area contributed by atoms with Gasteiger partial charge in [-0.15, -0.1) is 10.2 Å². The van der Waals surface area contributed by atoms with Crippen molar-refractivity contribution in [3.8, 4) is 0 Å². The van der Waals surface area contributed by atoms with Crippen molar-refractivity contribution in [2.75, 3.05) is 13.1 Å². The second-order valence-electron chi connectivity index (χ2n) is 6.61. The van der Waals surface area contributed by atoms with Crippen LogP contribution in [0.25, 0.3) is 0 Å². The molecule has 1 N–H and O–H groups in total. The molecule has 1 aliphatic heterocycles. The lowest BCUT2D eigenvalue weighted by atomic mass is 10.2. The minimum absolute atomic E-state index is 0.0128. The molecular formula is C17H27N7O. The lowest BCUT2D eigenvalue weighted by Crippen LogP contribution is -2.24. The average Bonchev–Trinajstić information content (AvgIpc) is 3.12. The lowest BCUT2D eigenvalue weighted by molar-refractivity contribution is -0.121. The number of rotatable bonds is 7. The lowest BCUT2D eigenvalue weighted by Gasteiger charge is -2.17. The van der Waals surface area contributed by atoms with Crippen LogP contribution in [0.15, 0.2) is 12.4 Å². The smallest absolute Gasteiger partial charge is 0.220 e. The minimum atomic E-state index is 0.0128. The number of carbonyl (C=O) groups is 1. The van der Waals surface area contributed by atoms with E-state index in [9.17, 15) is 4.79 Å². The van der Waals surface area contributed by atoms with Crippen molar-refractivity contribution in [1.82, 2.24) is 34.8 Å². The molecule has 1 aliphatic rings. The SMILES string of the molecule is CCCN1CCCn2nc(CNC(=O)CCc3nncn3C)cc2C1. The van der Waals surface area contributed by atoms with Gasteiger partial charge in [0.25, 0.3) is 0 Å². The molecular weight excluding hydrogens is 318 g/mol. The number of nitrogens with zero attached hydrogens (tertiary/aromatic N) is 6. The molecule has 0 saturated heterocycles. The average molecular weight is 345 g/mol. The fraction of sp³-hybridized carbons (Fsp3) is 0.647. The molecule has 0 spiro atoms. The summed E-state index contributed by atoms with van der Waals surface area (Å²) in [7, 11) is 1.88. The quantitative estimate of drug-likeness (QED) is 0.805. The summed E-state index contributed by atoms with van der Waals surface area (Å²) in [6.07, 6.45) is 4.94. The zero-order valence-electron chi connectivity index (χ0n) is 15.1. The second kappa shape index (κ2) is 8.24. The van der Waals surface area contributed by atoms with E-state index in [1.165, 1.54) is 12.1 Å². The molecule has 136 valence electrons. The fourth-order valence-corrected chi connectivity index (χ4v) is 3.22. The van der Waals surface area contributed by atoms with E-state index in [4.69, 9.17) is 0 Å². The van der Waals surface area contributed by atoms with E-state index < -0.39 is 0 Å². The Balaban J connectivity index is 1.49. The molecule has 0 aromatic carbocycles. The van der Waals surface area contributed by atoms with Gasteiger partial charge in [-0.25, -0.2) is 0 Å². The molecule has 8 nitrogen and oxygen atoms in total. The fourth-order valence-electron chi connectivity index (χ4n) is 3.22. The molecule has 25 heavy (non-hydrogen) atoms. The van der Waals surface area contributed by atoms with E-state index in [0.717, 1.165) is 44.1 Å². The van der Waals surface area contributed by atoms with E-state index in [1.54, 1.807) is 6.33 Å². The molecule has 0 bridgehead atoms. The summed E-state index contributed by atoms with van der Waals surface area (Å²) in [5.41, 5.74) is 2.18. The highest BCUT2D eigenvalue weighted by atomic mass is 16.1. The summed E-state index contributed by atoms with van der Waals surface area (Å²) in [6, 6.07) is 2.12. The van der Waals surface area contributed by atoms with Crippen LogP contribution in [-0.2, 0) is 37.9 Å². The maximum absolute atomic E-state index is 12.0. The Bertz CT molecular complexity index is 706. The Kier molecular flexibility index (Phi) is 5.80. The molecule has 3 rings (SSSR count). The van der Waals surface area contributed by atoms with Gasteiger partial charge in [0.1, 0.15) is 12.2 Å². The van der Waals surface area contributed by atoms with Crippen molar-refractivity contribution >= 4 is 5.91 Å². The van der Waals surface area contributed by atoms with E-state index in [0.29, 0.717) is 19.4 Å². The number of aryl methyl sites for hydroxylation is 3. The highest BCUT2D eigenvalue weighted by Crippen LogP contribution is 2.14. The van der Waals surface area contributed by atoms with Crippen LogP contribution < -0.4 is 5.32 Å². The van der Waals surface area contributed by atoms with Crippen LogP contribution in [0.3, 0.4) is 0 Å². The molecule has 2 aromatic heterocycles. The van der Waals surface area contributed by atoms with Gasteiger partial charge >= 0.3 is 0 Å². The highest BCUT2D eigenvalue weighted by Gasteiger charge is 2.16. The molecule has 2 aromatic rings. The summed E-state index contributed by atoms with van der Waals surface area (Å²) in [5, 5.41) is 15.4. The first-order chi connectivity index (χ1) is 12.2. The van der Waals surface area contributed by atoms with Crippen molar-refractivity contribution in [2.24, 2.45) is 7.05 Å². The molecule has 0 saturated carbocycles. The standard InChI is InChI=1S/C17H27N7O/c1-3-7-23-8-4-9-24-15(12-23)10-14(21-24)11-18-17(25)6-5-16-20-19-13-22(16)2/h10,13H,3-9,11-12H2,1-2H3,(H,18,25). The van der Waals surface area contributed by atoms with Gasteiger partial charge in [-0.3, -0.25) is 14.4 Å². The van der Waals surface area contributed by atoms with Gasteiger partial charge in [-0.1, -0.05) is 6.92 Å². The minimum Gasteiger partial charge on any atom is -0.350 e. The third-order valence-electron chi connectivity index (χ3n) is 4.53. The van der Waals surface area contributed by atoms with E-state index in [1.807, 2.05) is 11.6 Å². The molecule has 0 unspecified atom stereocenters. The van der Waals surface area contributed by atoms with Crippen molar-refractivity contribution in [3.05, 3.63) is 29.6 Å². The number of carbonyl (C=O) groups excluding carboxylic acids is 1. The normalized spacial score (nSPS) is 15.0. The van der Waals surface area contributed by atoms with Crippen LogP contribution in [-0.4, -0.2) is 48.4 Å². The summed E-state index contributed by atoms with van der Waals surface area (Å²) in [5.74, 6) is 0.832. The third-order valence-corrected chi connectivity index (χ3v) is 4.53. The van der Waals surface area contributed by atoms with Crippen molar-refractivity contribution in [1.29, 1.82) is 0 Å². The first-order valence-corrected chi connectivity index (χ1v) is 9.03. The highest BCUT2D eigenvalue weighted by molar-refractivity contribution is 5.75. The molecule has 0 radical (unpaired) electrons. The van der Waals surface area contributed by atoms with E-state index in [2.05, 4.69) is 43.2 Å². The molecule has 8 heteroatoms. The predicted octanol–water partition coefficient (Wildman–Crippen LogP) is 0.876. The number of nitrogens with one attached hydrogen (secondary N) is 1. The Morgan fingerprint density at radius 2 is 2.24 bits per heavy atom. The molecule has 0 aliphatic carbocycles. The summed E-state index contributed by atoms with van der Waals surface area (Å²) in [6.45, 7) is 6.84. The van der Waals surface area contributed by atoms with Gasteiger partial charge in [0, 0.05) is 39.5 Å². The van der Waals surface area contributed by atoms with Gasteiger partial charge in [-0.2, -0.15) is 5.10 Å². The maximum Gasteiger partial charge on any atom is 0.220 e. The van der Waals surface area contributed by atoms with Crippen LogP contribution in [0.5, 0.6) is 0 Å². The summed E-state index contributed by atoms with van der Waals surface area (Å²) >= 11 is 0. The molecule has 1 amide bonds.